The molecule has 1 aromatic rings. The monoisotopic (exact) mass is 261 g/mol. The highest BCUT2D eigenvalue weighted by molar-refractivity contribution is 5.53. The van der Waals surface area contributed by atoms with Crippen LogP contribution in [0.2, 0.25) is 0 Å². The standard InChI is InChI=1S/C16H27N3/c1-3-8-18-15-9-16(12-17-11-15)19-10-14-7-5-4-6-13(14)2/h9,11-14,18-19H,3-8,10H2,1-2H3. The third-order valence-corrected chi connectivity index (χ3v) is 4.17. The quantitative estimate of drug-likeness (QED) is 0.808. The van der Waals surface area contributed by atoms with E-state index < -0.39 is 0 Å². The van der Waals surface area contributed by atoms with Crippen LogP contribution in [0.5, 0.6) is 0 Å². The molecule has 0 spiro atoms. The highest BCUT2D eigenvalue weighted by Gasteiger charge is 2.20. The van der Waals surface area contributed by atoms with Gasteiger partial charge in [-0.15, -0.1) is 0 Å². The van der Waals surface area contributed by atoms with Crippen molar-refractivity contribution < 1.29 is 0 Å². The van der Waals surface area contributed by atoms with Gasteiger partial charge in [-0.25, -0.2) is 0 Å². The lowest BCUT2D eigenvalue weighted by Crippen LogP contribution is -2.24. The van der Waals surface area contributed by atoms with Crippen molar-refractivity contribution in [2.75, 3.05) is 23.7 Å². The molecule has 2 N–H and O–H groups in total. The molecule has 0 amide bonds. The Bertz CT molecular complexity index is 378. The van der Waals surface area contributed by atoms with Gasteiger partial charge in [0.2, 0.25) is 0 Å². The molecule has 106 valence electrons. The molecular formula is C16H27N3. The molecule has 3 heteroatoms. The van der Waals surface area contributed by atoms with Gasteiger partial charge in [0, 0.05) is 13.1 Å². The van der Waals surface area contributed by atoms with Gasteiger partial charge in [-0.05, 0) is 30.7 Å². The van der Waals surface area contributed by atoms with Gasteiger partial charge in [-0.2, -0.15) is 0 Å². The average Bonchev–Trinajstić information content (AvgIpc) is 2.45. The summed E-state index contributed by atoms with van der Waals surface area (Å²) in [5.74, 6) is 1.68. The van der Waals surface area contributed by atoms with Gasteiger partial charge in [0.05, 0.1) is 23.8 Å². The summed E-state index contributed by atoms with van der Waals surface area (Å²) in [4.78, 5) is 4.30. The minimum absolute atomic E-state index is 0.820. The zero-order valence-corrected chi connectivity index (χ0v) is 12.3. The molecule has 1 saturated carbocycles. The molecule has 1 aliphatic carbocycles. The molecular weight excluding hydrogens is 234 g/mol. The second-order valence-corrected chi connectivity index (χ2v) is 5.79. The average molecular weight is 261 g/mol. The molecule has 3 nitrogen and oxygen atoms in total. The molecule has 1 fully saturated rings. The fourth-order valence-corrected chi connectivity index (χ4v) is 2.85. The highest BCUT2D eigenvalue weighted by atomic mass is 14.9. The van der Waals surface area contributed by atoms with Gasteiger partial charge >= 0.3 is 0 Å². The van der Waals surface area contributed by atoms with Gasteiger partial charge in [0.25, 0.3) is 0 Å². The normalized spacial score (nSPS) is 23.1. The third-order valence-electron chi connectivity index (χ3n) is 4.17. The van der Waals surface area contributed by atoms with E-state index in [4.69, 9.17) is 0 Å². The maximum absolute atomic E-state index is 4.30. The van der Waals surface area contributed by atoms with Crippen molar-refractivity contribution in [3.05, 3.63) is 18.5 Å². The van der Waals surface area contributed by atoms with Crippen LogP contribution in [0.3, 0.4) is 0 Å². The Morgan fingerprint density at radius 3 is 2.63 bits per heavy atom. The number of aromatic nitrogens is 1. The van der Waals surface area contributed by atoms with Crippen molar-refractivity contribution in [1.82, 2.24) is 4.98 Å². The van der Waals surface area contributed by atoms with E-state index in [0.29, 0.717) is 0 Å². The van der Waals surface area contributed by atoms with Gasteiger partial charge in [0.15, 0.2) is 0 Å². The molecule has 2 atom stereocenters. The van der Waals surface area contributed by atoms with Crippen molar-refractivity contribution in [2.45, 2.75) is 46.0 Å². The van der Waals surface area contributed by atoms with Crippen LogP contribution in [0.25, 0.3) is 0 Å². The fourth-order valence-electron chi connectivity index (χ4n) is 2.85. The zero-order valence-electron chi connectivity index (χ0n) is 12.3. The van der Waals surface area contributed by atoms with Crippen molar-refractivity contribution >= 4 is 11.4 Å². The minimum atomic E-state index is 0.820. The first kappa shape index (κ1) is 14.2. The van der Waals surface area contributed by atoms with Crippen LogP contribution in [0.15, 0.2) is 18.5 Å². The summed E-state index contributed by atoms with van der Waals surface area (Å²) in [5, 5.41) is 6.94. The van der Waals surface area contributed by atoms with E-state index >= 15 is 0 Å². The first-order valence-electron chi connectivity index (χ1n) is 7.72. The number of nitrogens with one attached hydrogen (secondary N) is 2. The van der Waals surface area contributed by atoms with E-state index in [-0.39, 0.29) is 0 Å². The van der Waals surface area contributed by atoms with E-state index in [1.165, 1.54) is 25.7 Å². The molecule has 2 rings (SSSR count). The Labute approximate surface area is 117 Å². The Balaban J connectivity index is 1.84. The number of nitrogens with zero attached hydrogens (tertiary/aromatic N) is 1. The topological polar surface area (TPSA) is 37.0 Å². The van der Waals surface area contributed by atoms with E-state index in [1.807, 2.05) is 12.4 Å². The molecule has 0 saturated heterocycles. The molecule has 2 unspecified atom stereocenters. The van der Waals surface area contributed by atoms with Crippen LogP contribution in [0.1, 0.15) is 46.0 Å². The van der Waals surface area contributed by atoms with E-state index in [1.54, 1.807) is 0 Å². The molecule has 0 radical (unpaired) electrons. The highest BCUT2D eigenvalue weighted by Crippen LogP contribution is 2.29. The van der Waals surface area contributed by atoms with Crippen molar-refractivity contribution in [3.8, 4) is 0 Å². The lowest BCUT2D eigenvalue weighted by Gasteiger charge is -2.29. The number of rotatable bonds is 6. The maximum atomic E-state index is 4.30. The lowest BCUT2D eigenvalue weighted by molar-refractivity contribution is 0.268. The first-order chi connectivity index (χ1) is 9.29. The number of pyridine rings is 1. The summed E-state index contributed by atoms with van der Waals surface area (Å²) in [6, 6.07) is 2.16. The first-order valence-corrected chi connectivity index (χ1v) is 7.72. The summed E-state index contributed by atoms with van der Waals surface area (Å²) < 4.78 is 0. The number of hydrogen-bond acceptors (Lipinski definition) is 3. The second kappa shape index (κ2) is 7.37. The number of anilines is 2. The van der Waals surface area contributed by atoms with Crippen molar-refractivity contribution in [2.24, 2.45) is 11.8 Å². The van der Waals surface area contributed by atoms with Crippen LogP contribution < -0.4 is 10.6 Å². The molecule has 1 aromatic heterocycles. The van der Waals surface area contributed by atoms with Crippen LogP contribution in [-0.4, -0.2) is 18.1 Å². The lowest BCUT2D eigenvalue weighted by atomic mass is 9.80. The summed E-state index contributed by atoms with van der Waals surface area (Å²) in [6.45, 7) is 6.65. The smallest absolute Gasteiger partial charge is 0.0547 e. The summed E-state index contributed by atoms with van der Waals surface area (Å²) in [7, 11) is 0. The fraction of sp³-hybridized carbons (Fsp3) is 0.688. The van der Waals surface area contributed by atoms with Gasteiger partial charge in [0.1, 0.15) is 0 Å². The van der Waals surface area contributed by atoms with Crippen LogP contribution >= 0.6 is 0 Å². The van der Waals surface area contributed by atoms with E-state index in [0.717, 1.165) is 42.7 Å². The maximum Gasteiger partial charge on any atom is 0.0547 e. The molecule has 0 bridgehead atoms. The van der Waals surface area contributed by atoms with Gasteiger partial charge in [-0.3, -0.25) is 4.98 Å². The van der Waals surface area contributed by atoms with Crippen molar-refractivity contribution in [1.29, 1.82) is 0 Å². The third kappa shape index (κ3) is 4.41. The number of hydrogen-bond donors (Lipinski definition) is 2. The summed E-state index contributed by atoms with van der Waals surface area (Å²) in [5.41, 5.74) is 2.25. The molecule has 1 aliphatic rings. The predicted octanol–water partition coefficient (Wildman–Crippen LogP) is 4.14. The van der Waals surface area contributed by atoms with Crippen LogP contribution in [-0.2, 0) is 0 Å². The van der Waals surface area contributed by atoms with Crippen molar-refractivity contribution in [3.63, 3.8) is 0 Å². The van der Waals surface area contributed by atoms with Gasteiger partial charge < -0.3 is 10.6 Å². The van der Waals surface area contributed by atoms with E-state index in [2.05, 4.69) is 35.5 Å². The summed E-state index contributed by atoms with van der Waals surface area (Å²) >= 11 is 0. The summed E-state index contributed by atoms with van der Waals surface area (Å²) in [6.07, 6.45) is 10.5. The predicted molar refractivity (Wildman–Crippen MR) is 82.6 cm³/mol. The molecule has 19 heavy (non-hydrogen) atoms. The Morgan fingerprint density at radius 2 is 1.89 bits per heavy atom. The molecule has 1 heterocycles. The minimum Gasteiger partial charge on any atom is -0.384 e. The molecule has 0 aliphatic heterocycles. The van der Waals surface area contributed by atoms with Gasteiger partial charge in [-0.1, -0.05) is 33.1 Å². The Hall–Kier alpha value is -1.25. The Morgan fingerprint density at radius 1 is 1.16 bits per heavy atom. The second-order valence-electron chi connectivity index (χ2n) is 5.79. The van der Waals surface area contributed by atoms with Crippen LogP contribution in [0, 0.1) is 11.8 Å². The zero-order chi connectivity index (χ0) is 13.5. The van der Waals surface area contributed by atoms with E-state index in [9.17, 15) is 0 Å². The SMILES string of the molecule is CCCNc1cncc(NCC2CCCCC2C)c1. The Kier molecular flexibility index (Phi) is 5.49. The largest absolute Gasteiger partial charge is 0.384 e. The van der Waals surface area contributed by atoms with Crippen LogP contribution in [0.4, 0.5) is 11.4 Å². The molecule has 0 aromatic carbocycles.